The van der Waals surface area contributed by atoms with Gasteiger partial charge in [-0.15, -0.1) is 11.3 Å². The van der Waals surface area contributed by atoms with Crippen LogP contribution in [0.5, 0.6) is 0 Å². The molecule has 1 aliphatic heterocycles. The summed E-state index contributed by atoms with van der Waals surface area (Å²) in [6.07, 6.45) is -2.37. The van der Waals surface area contributed by atoms with Gasteiger partial charge in [-0.05, 0) is 42.5 Å². The Hall–Kier alpha value is -2.35. The number of alkyl halides is 3. The monoisotopic (exact) mass is 410 g/mol. The fourth-order valence-electron chi connectivity index (χ4n) is 3.20. The molecular formula is C20H21F3N2O2S. The summed E-state index contributed by atoms with van der Waals surface area (Å²) in [5.74, 6) is -0.376. The highest BCUT2D eigenvalue weighted by molar-refractivity contribution is 7.09. The van der Waals surface area contributed by atoms with Crippen LogP contribution in [0.1, 0.15) is 33.6 Å². The molecule has 1 aliphatic rings. The maximum absolute atomic E-state index is 12.8. The van der Waals surface area contributed by atoms with Crippen LogP contribution in [0.2, 0.25) is 0 Å². The van der Waals surface area contributed by atoms with E-state index in [0.29, 0.717) is 32.6 Å². The minimum absolute atomic E-state index is 0.0190. The summed E-state index contributed by atoms with van der Waals surface area (Å²) in [6.45, 7) is 1.46. The van der Waals surface area contributed by atoms with Crippen molar-refractivity contribution < 1.29 is 22.8 Å². The van der Waals surface area contributed by atoms with Crippen LogP contribution in [0.15, 0.2) is 41.8 Å². The third-order valence-electron chi connectivity index (χ3n) is 4.75. The molecule has 0 atom stereocenters. The molecule has 0 aliphatic carbocycles. The van der Waals surface area contributed by atoms with Crippen LogP contribution in [0.4, 0.5) is 13.2 Å². The minimum atomic E-state index is -4.48. The van der Waals surface area contributed by atoms with E-state index in [9.17, 15) is 22.8 Å². The van der Waals surface area contributed by atoms with Gasteiger partial charge in [-0.2, -0.15) is 13.2 Å². The Balaban J connectivity index is 1.49. The van der Waals surface area contributed by atoms with Crippen molar-refractivity contribution in [3.8, 4) is 0 Å². The van der Waals surface area contributed by atoms with E-state index in [4.69, 9.17) is 0 Å². The highest BCUT2D eigenvalue weighted by atomic mass is 32.1. The molecular weight excluding hydrogens is 389 g/mol. The number of halogens is 3. The number of carbonyl (C=O) groups excluding carboxylic acids is 2. The molecule has 0 N–H and O–H groups in total. The zero-order valence-corrected chi connectivity index (χ0v) is 16.1. The summed E-state index contributed by atoms with van der Waals surface area (Å²) in [6, 6.07) is 8.49. The number of thiophene rings is 1. The Kier molecular flexibility index (Phi) is 6.39. The molecule has 0 radical (unpaired) electrons. The summed E-state index contributed by atoms with van der Waals surface area (Å²) in [5, 5.41) is 2.01. The van der Waals surface area contributed by atoms with Gasteiger partial charge in [0, 0.05) is 43.0 Å². The van der Waals surface area contributed by atoms with Crippen LogP contribution < -0.4 is 0 Å². The lowest BCUT2D eigenvalue weighted by molar-refractivity contribution is -0.137. The molecule has 0 spiro atoms. The van der Waals surface area contributed by atoms with Gasteiger partial charge in [0.1, 0.15) is 0 Å². The number of carbonyl (C=O) groups is 2. The fraction of sp³-hybridized carbons (Fsp3) is 0.400. The molecule has 3 rings (SSSR count). The Morgan fingerprint density at radius 1 is 1.00 bits per heavy atom. The summed E-state index contributed by atoms with van der Waals surface area (Å²) in [7, 11) is 0. The molecule has 28 heavy (non-hydrogen) atoms. The second kappa shape index (κ2) is 8.77. The molecule has 1 fully saturated rings. The van der Waals surface area contributed by atoms with Crippen molar-refractivity contribution in [1.29, 1.82) is 0 Å². The third kappa shape index (κ3) is 5.13. The number of amides is 2. The topological polar surface area (TPSA) is 40.6 Å². The zero-order valence-electron chi connectivity index (χ0n) is 15.2. The first kappa shape index (κ1) is 20.4. The highest BCUT2D eigenvalue weighted by Gasteiger charge is 2.32. The largest absolute Gasteiger partial charge is 0.416 e. The van der Waals surface area contributed by atoms with E-state index in [1.54, 1.807) is 16.2 Å². The number of benzene rings is 1. The lowest BCUT2D eigenvalue weighted by Crippen LogP contribution is -2.50. The van der Waals surface area contributed by atoms with Gasteiger partial charge in [-0.25, -0.2) is 0 Å². The van der Waals surface area contributed by atoms with E-state index in [0.717, 1.165) is 25.0 Å². The van der Waals surface area contributed by atoms with Crippen molar-refractivity contribution in [2.45, 2.75) is 25.4 Å². The van der Waals surface area contributed by atoms with Gasteiger partial charge < -0.3 is 9.80 Å². The Morgan fingerprint density at radius 2 is 1.71 bits per heavy atom. The average molecular weight is 410 g/mol. The molecule has 4 nitrogen and oxygen atoms in total. The number of aryl methyl sites for hydroxylation is 1. The lowest BCUT2D eigenvalue weighted by Gasteiger charge is -2.35. The lowest BCUT2D eigenvalue weighted by atomic mass is 10.1. The molecule has 2 heterocycles. The molecule has 0 unspecified atom stereocenters. The summed E-state index contributed by atoms with van der Waals surface area (Å²) < 4.78 is 38.5. The second-order valence-corrected chi connectivity index (χ2v) is 7.72. The van der Waals surface area contributed by atoms with E-state index in [1.165, 1.54) is 21.9 Å². The van der Waals surface area contributed by atoms with E-state index in [2.05, 4.69) is 0 Å². The number of hydrogen-bond acceptors (Lipinski definition) is 3. The van der Waals surface area contributed by atoms with E-state index in [1.807, 2.05) is 17.5 Å². The van der Waals surface area contributed by atoms with Crippen LogP contribution in [0, 0.1) is 0 Å². The quantitative estimate of drug-likeness (QED) is 0.746. The Bertz CT molecular complexity index is 813. The first-order valence-corrected chi connectivity index (χ1v) is 9.99. The average Bonchev–Trinajstić information content (AvgIpc) is 3.20. The van der Waals surface area contributed by atoms with Crippen LogP contribution in [-0.4, -0.2) is 47.8 Å². The maximum Gasteiger partial charge on any atom is 0.416 e. The van der Waals surface area contributed by atoms with Crippen LogP contribution in [0.3, 0.4) is 0 Å². The molecule has 1 saturated heterocycles. The molecule has 2 amide bonds. The Labute approximate surface area is 165 Å². The van der Waals surface area contributed by atoms with Crippen LogP contribution in [-0.2, 0) is 17.4 Å². The van der Waals surface area contributed by atoms with Gasteiger partial charge in [0.25, 0.3) is 5.91 Å². The van der Waals surface area contributed by atoms with Gasteiger partial charge in [0.05, 0.1) is 5.56 Å². The molecule has 2 aromatic rings. The predicted octanol–water partition coefficient (Wildman–Crippen LogP) is 4.07. The van der Waals surface area contributed by atoms with Gasteiger partial charge in [0.15, 0.2) is 0 Å². The first-order valence-electron chi connectivity index (χ1n) is 9.11. The number of rotatable bonds is 5. The van der Waals surface area contributed by atoms with Crippen LogP contribution >= 0.6 is 11.3 Å². The summed E-state index contributed by atoms with van der Waals surface area (Å²) in [4.78, 5) is 29.3. The zero-order chi connectivity index (χ0) is 20.1. The van der Waals surface area contributed by atoms with Gasteiger partial charge >= 0.3 is 6.18 Å². The molecule has 0 bridgehead atoms. The molecule has 8 heteroatoms. The van der Waals surface area contributed by atoms with E-state index < -0.39 is 17.6 Å². The number of piperazine rings is 1. The van der Waals surface area contributed by atoms with Gasteiger partial charge in [-0.3, -0.25) is 9.59 Å². The fourth-order valence-corrected chi connectivity index (χ4v) is 3.95. The summed E-state index contributed by atoms with van der Waals surface area (Å²) in [5.41, 5.74) is -0.816. The van der Waals surface area contributed by atoms with Crippen molar-refractivity contribution in [1.82, 2.24) is 9.80 Å². The van der Waals surface area contributed by atoms with Gasteiger partial charge in [0.2, 0.25) is 5.91 Å². The smallest absolute Gasteiger partial charge is 0.339 e. The predicted molar refractivity (Wildman–Crippen MR) is 101 cm³/mol. The van der Waals surface area contributed by atoms with Crippen molar-refractivity contribution in [2.75, 3.05) is 26.2 Å². The van der Waals surface area contributed by atoms with Crippen molar-refractivity contribution >= 4 is 23.2 Å². The van der Waals surface area contributed by atoms with Gasteiger partial charge in [-0.1, -0.05) is 12.1 Å². The normalized spacial score (nSPS) is 15.0. The SMILES string of the molecule is O=C(CCCc1cccs1)N1CCN(C(=O)c2cccc(C(F)(F)F)c2)CC1. The second-order valence-electron chi connectivity index (χ2n) is 6.68. The molecule has 0 saturated carbocycles. The van der Waals surface area contributed by atoms with Crippen molar-refractivity contribution in [3.05, 3.63) is 57.8 Å². The minimum Gasteiger partial charge on any atom is -0.339 e. The molecule has 150 valence electrons. The first-order chi connectivity index (χ1) is 13.3. The van der Waals surface area contributed by atoms with Crippen molar-refractivity contribution in [3.63, 3.8) is 0 Å². The number of nitrogens with zero attached hydrogens (tertiary/aromatic N) is 2. The Morgan fingerprint density at radius 3 is 2.36 bits per heavy atom. The number of hydrogen-bond donors (Lipinski definition) is 0. The van der Waals surface area contributed by atoms with Crippen molar-refractivity contribution in [2.24, 2.45) is 0 Å². The molecule has 1 aromatic carbocycles. The summed E-state index contributed by atoms with van der Waals surface area (Å²) >= 11 is 1.67. The highest BCUT2D eigenvalue weighted by Crippen LogP contribution is 2.29. The van der Waals surface area contributed by atoms with E-state index >= 15 is 0 Å². The van der Waals surface area contributed by atoms with Crippen LogP contribution in [0.25, 0.3) is 0 Å². The van der Waals surface area contributed by atoms with E-state index in [-0.39, 0.29) is 11.5 Å². The maximum atomic E-state index is 12.8. The molecule has 1 aromatic heterocycles. The third-order valence-corrected chi connectivity index (χ3v) is 5.69. The standard InChI is InChI=1S/C20H21F3N2O2S/c21-20(22,23)16-5-1-4-15(14-16)19(27)25-11-9-24(10-12-25)18(26)8-2-6-17-7-3-13-28-17/h1,3-5,7,13-14H,2,6,8-12H2.